The molecule has 1 atom stereocenters. The summed E-state index contributed by atoms with van der Waals surface area (Å²) in [4.78, 5) is 0. The van der Waals surface area contributed by atoms with Crippen molar-refractivity contribution in [2.24, 2.45) is 0 Å². The number of benzene rings is 2. The van der Waals surface area contributed by atoms with Crippen LogP contribution in [-0.2, 0) is 0 Å². The van der Waals surface area contributed by atoms with E-state index in [9.17, 15) is 0 Å². The van der Waals surface area contributed by atoms with E-state index in [0.29, 0.717) is 16.7 Å². The van der Waals surface area contributed by atoms with Crippen molar-refractivity contribution in [3.63, 3.8) is 0 Å². The second-order valence-corrected chi connectivity index (χ2v) is 5.87. The summed E-state index contributed by atoms with van der Waals surface area (Å²) in [5, 5.41) is 7.42. The van der Waals surface area contributed by atoms with E-state index in [1.165, 1.54) is 0 Å². The first-order chi connectivity index (χ1) is 10.6. The summed E-state index contributed by atoms with van der Waals surface area (Å²) in [6.45, 7) is 4.56. The van der Waals surface area contributed by atoms with Crippen LogP contribution < -0.4 is 15.4 Å². The van der Waals surface area contributed by atoms with E-state index in [1.807, 2.05) is 62.4 Å². The van der Waals surface area contributed by atoms with Crippen molar-refractivity contribution >= 4 is 34.6 Å². The van der Waals surface area contributed by atoms with Gasteiger partial charge in [0.25, 0.3) is 0 Å². The van der Waals surface area contributed by atoms with E-state index in [-0.39, 0.29) is 6.04 Å². The molecule has 0 saturated heterocycles. The van der Waals surface area contributed by atoms with Gasteiger partial charge in [-0.05, 0) is 49.8 Å². The molecule has 0 heterocycles. The molecule has 0 aliphatic carbocycles. The first-order valence-corrected chi connectivity index (χ1v) is 7.85. The van der Waals surface area contributed by atoms with Crippen LogP contribution in [0.5, 0.6) is 5.75 Å². The van der Waals surface area contributed by atoms with Crippen LogP contribution >= 0.6 is 23.8 Å². The molecule has 2 N–H and O–H groups in total. The number of anilines is 1. The third-order valence-electron chi connectivity index (χ3n) is 3.08. The Balaban J connectivity index is 1.82. The maximum atomic E-state index is 6.09. The molecule has 0 aliphatic heterocycles. The minimum absolute atomic E-state index is 0.0714. The Morgan fingerprint density at radius 3 is 2.59 bits per heavy atom. The van der Waals surface area contributed by atoms with E-state index < -0.39 is 0 Å². The normalized spacial score (nSPS) is 11.6. The quantitative estimate of drug-likeness (QED) is 0.794. The number of para-hydroxylation sites is 2. The minimum atomic E-state index is 0.0714. The summed E-state index contributed by atoms with van der Waals surface area (Å²) < 4.78 is 5.80. The van der Waals surface area contributed by atoms with Gasteiger partial charge in [0.2, 0.25) is 0 Å². The molecular formula is C17H19ClN2OS. The van der Waals surface area contributed by atoms with Crippen molar-refractivity contribution in [2.75, 3.05) is 11.9 Å². The lowest BCUT2D eigenvalue weighted by Crippen LogP contribution is -2.39. The fraction of sp³-hybridized carbons (Fsp3) is 0.235. The van der Waals surface area contributed by atoms with Gasteiger partial charge in [0.15, 0.2) is 5.11 Å². The zero-order valence-corrected chi connectivity index (χ0v) is 14.2. The van der Waals surface area contributed by atoms with Gasteiger partial charge in [0.1, 0.15) is 12.4 Å². The van der Waals surface area contributed by atoms with Crippen LogP contribution in [0.25, 0.3) is 0 Å². The summed E-state index contributed by atoms with van der Waals surface area (Å²) in [6.07, 6.45) is 0. The molecule has 2 rings (SSSR count). The zero-order valence-electron chi connectivity index (χ0n) is 12.6. The highest BCUT2D eigenvalue weighted by Crippen LogP contribution is 2.20. The van der Waals surface area contributed by atoms with Gasteiger partial charge >= 0.3 is 0 Å². The highest BCUT2D eigenvalue weighted by Gasteiger charge is 2.07. The van der Waals surface area contributed by atoms with Crippen LogP contribution in [0.2, 0.25) is 5.02 Å². The summed E-state index contributed by atoms with van der Waals surface area (Å²) in [7, 11) is 0. The summed E-state index contributed by atoms with van der Waals surface area (Å²) in [5.74, 6) is 0.890. The molecule has 0 saturated carbocycles. The first-order valence-electron chi connectivity index (χ1n) is 7.06. The number of nitrogens with one attached hydrogen (secondary N) is 2. The largest absolute Gasteiger partial charge is 0.491 e. The van der Waals surface area contributed by atoms with Gasteiger partial charge in [0, 0.05) is 0 Å². The predicted octanol–water partition coefficient (Wildman–Crippen LogP) is 4.40. The van der Waals surface area contributed by atoms with Gasteiger partial charge in [-0.3, -0.25) is 0 Å². The molecule has 0 spiro atoms. The van der Waals surface area contributed by atoms with E-state index in [2.05, 4.69) is 10.6 Å². The maximum Gasteiger partial charge on any atom is 0.171 e. The van der Waals surface area contributed by atoms with Crippen LogP contribution in [0.3, 0.4) is 0 Å². The molecule has 3 nitrogen and oxygen atoms in total. The average molecular weight is 335 g/mol. The van der Waals surface area contributed by atoms with E-state index in [0.717, 1.165) is 17.0 Å². The van der Waals surface area contributed by atoms with Crippen LogP contribution in [0.4, 0.5) is 5.69 Å². The standard InChI is InChI=1S/C17H19ClN2OS/c1-12-7-3-6-10-16(12)21-11-13(2)19-17(22)20-15-9-5-4-8-14(15)18/h3-10,13H,11H2,1-2H3,(H2,19,20,22). The van der Waals surface area contributed by atoms with Crippen molar-refractivity contribution in [2.45, 2.75) is 19.9 Å². The van der Waals surface area contributed by atoms with Crippen molar-refractivity contribution in [3.05, 3.63) is 59.1 Å². The van der Waals surface area contributed by atoms with Crippen molar-refractivity contribution < 1.29 is 4.74 Å². The first kappa shape index (κ1) is 16.6. The monoisotopic (exact) mass is 334 g/mol. The molecule has 22 heavy (non-hydrogen) atoms. The van der Waals surface area contributed by atoms with Gasteiger partial charge in [-0.2, -0.15) is 0 Å². The third-order valence-corrected chi connectivity index (χ3v) is 3.63. The molecule has 2 aromatic rings. The van der Waals surface area contributed by atoms with Gasteiger partial charge < -0.3 is 15.4 Å². The van der Waals surface area contributed by atoms with Crippen molar-refractivity contribution in [1.82, 2.24) is 5.32 Å². The van der Waals surface area contributed by atoms with Gasteiger partial charge in [-0.15, -0.1) is 0 Å². The van der Waals surface area contributed by atoms with Crippen LogP contribution in [0.15, 0.2) is 48.5 Å². The fourth-order valence-electron chi connectivity index (χ4n) is 1.92. The van der Waals surface area contributed by atoms with Crippen LogP contribution in [-0.4, -0.2) is 17.8 Å². The van der Waals surface area contributed by atoms with Crippen LogP contribution in [0.1, 0.15) is 12.5 Å². The summed E-state index contributed by atoms with van der Waals surface area (Å²) >= 11 is 11.4. The van der Waals surface area contributed by atoms with Crippen molar-refractivity contribution in [1.29, 1.82) is 0 Å². The minimum Gasteiger partial charge on any atom is -0.491 e. The lowest BCUT2D eigenvalue weighted by Gasteiger charge is -2.18. The molecule has 1 unspecified atom stereocenters. The average Bonchev–Trinajstić information content (AvgIpc) is 2.49. The number of rotatable bonds is 5. The number of aryl methyl sites for hydroxylation is 1. The lowest BCUT2D eigenvalue weighted by atomic mass is 10.2. The maximum absolute atomic E-state index is 6.09. The van der Waals surface area contributed by atoms with Crippen LogP contribution in [0, 0.1) is 6.92 Å². The topological polar surface area (TPSA) is 33.3 Å². The second-order valence-electron chi connectivity index (χ2n) is 5.06. The van der Waals surface area contributed by atoms with Gasteiger partial charge in [0.05, 0.1) is 16.8 Å². The Labute approximate surface area is 141 Å². The molecule has 0 radical (unpaired) electrons. The van der Waals surface area contributed by atoms with Gasteiger partial charge in [-0.1, -0.05) is 41.9 Å². The predicted molar refractivity (Wildman–Crippen MR) is 96.9 cm³/mol. The zero-order chi connectivity index (χ0) is 15.9. The molecular weight excluding hydrogens is 316 g/mol. The molecule has 116 valence electrons. The Morgan fingerprint density at radius 1 is 1.18 bits per heavy atom. The Bertz CT molecular complexity index is 648. The molecule has 2 aromatic carbocycles. The number of hydrogen-bond donors (Lipinski definition) is 2. The second kappa shape index (κ2) is 8.01. The third kappa shape index (κ3) is 4.90. The summed E-state index contributed by atoms with van der Waals surface area (Å²) in [6, 6.07) is 15.5. The van der Waals surface area contributed by atoms with E-state index in [1.54, 1.807) is 0 Å². The number of hydrogen-bond acceptors (Lipinski definition) is 2. The summed E-state index contributed by atoms with van der Waals surface area (Å²) in [5.41, 5.74) is 1.90. The smallest absolute Gasteiger partial charge is 0.171 e. The lowest BCUT2D eigenvalue weighted by molar-refractivity contribution is 0.285. The molecule has 0 amide bonds. The highest BCUT2D eigenvalue weighted by atomic mass is 35.5. The Kier molecular flexibility index (Phi) is 6.04. The molecule has 0 bridgehead atoms. The fourth-order valence-corrected chi connectivity index (χ4v) is 2.41. The SMILES string of the molecule is Cc1ccccc1OCC(C)NC(=S)Nc1ccccc1Cl. The Hall–Kier alpha value is -1.78. The van der Waals surface area contributed by atoms with E-state index in [4.69, 9.17) is 28.6 Å². The molecule has 0 aromatic heterocycles. The Morgan fingerprint density at radius 2 is 1.86 bits per heavy atom. The molecule has 0 fully saturated rings. The number of thiocarbonyl (C=S) groups is 1. The van der Waals surface area contributed by atoms with Crippen molar-refractivity contribution in [3.8, 4) is 5.75 Å². The van der Waals surface area contributed by atoms with Gasteiger partial charge in [-0.25, -0.2) is 0 Å². The van der Waals surface area contributed by atoms with E-state index >= 15 is 0 Å². The highest BCUT2D eigenvalue weighted by molar-refractivity contribution is 7.80. The number of halogens is 1. The molecule has 0 aliphatic rings. The molecule has 5 heteroatoms. The number of ether oxygens (including phenoxy) is 1.